The minimum absolute atomic E-state index is 0.0871. The SMILES string of the molecule is C=C/C(=C\c1n[nH]c(Br)n1)NC(=O)c1[nH]ncc1-c1nc(C(F)F)cs1. The predicted octanol–water partition coefficient (Wildman–Crippen LogP) is 3.31. The summed E-state index contributed by atoms with van der Waals surface area (Å²) in [5.41, 5.74) is 0.404. The maximum absolute atomic E-state index is 12.7. The molecule has 3 aromatic rings. The van der Waals surface area contributed by atoms with Crippen LogP contribution in [0, 0.1) is 0 Å². The Labute approximate surface area is 157 Å². The van der Waals surface area contributed by atoms with Crippen molar-refractivity contribution in [3.63, 3.8) is 0 Å². The molecule has 134 valence electrons. The summed E-state index contributed by atoms with van der Waals surface area (Å²) >= 11 is 4.13. The minimum atomic E-state index is -2.68. The number of aromatic amines is 2. The van der Waals surface area contributed by atoms with Crippen molar-refractivity contribution in [1.82, 2.24) is 35.7 Å². The van der Waals surface area contributed by atoms with E-state index in [1.54, 1.807) is 0 Å². The number of carbonyl (C=O) groups excluding carboxylic acids is 1. The molecule has 0 unspecified atom stereocenters. The van der Waals surface area contributed by atoms with Crippen LogP contribution in [0.25, 0.3) is 16.6 Å². The average Bonchev–Trinajstić information content (AvgIpc) is 3.33. The highest BCUT2D eigenvalue weighted by atomic mass is 79.9. The molecule has 0 atom stereocenters. The summed E-state index contributed by atoms with van der Waals surface area (Å²) in [7, 11) is 0. The van der Waals surface area contributed by atoms with Crippen LogP contribution in [0.3, 0.4) is 0 Å². The molecule has 3 rings (SSSR count). The van der Waals surface area contributed by atoms with E-state index in [0.717, 1.165) is 11.3 Å². The lowest BCUT2D eigenvalue weighted by Crippen LogP contribution is -2.22. The summed E-state index contributed by atoms with van der Waals surface area (Å²) < 4.78 is 25.9. The van der Waals surface area contributed by atoms with E-state index >= 15 is 0 Å². The fourth-order valence-corrected chi connectivity index (χ4v) is 3.03. The molecule has 8 nitrogen and oxygen atoms in total. The van der Waals surface area contributed by atoms with Gasteiger partial charge in [-0.2, -0.15) is 10.2 Å². The monoisotopic (exact) mass is 441 g/mol. The van der Waals surface area contributed by atoms with Crippen molar-refractivity contribution in [2.24, 2.45) is 0 Å². The van der Waals surface area contributed by atoms with Crippen LogP contribution < -0.4 is 5.32 Å². The number of hydrogen-bond acceptors (Lipinski definition) is 6. The van der Waals surface area contributed by atoms with Crippen molar-refractivity contribution >= 4 is 39.2 Å². The lowest BCUT2D eigenvalue weighted by Gasteiger charge is -2.05. The number of nitrogens with one attached hydrogen (secondary N) is 3. The number of halogens is 3. The summed E-state index contributed by atoms with van der Waals surface area (Å²) in [6, 6.07) is 0. The van der Waals surface area contributed by atoms with Crippen LogP contribution in [0.2, 0.25) is 0 Å². The molecule has 0 saturated heterocycles. The van der Waals surface area contributed by atoms with E-state index in [1.165, 1.54) is 23.7 Å². The van der Waals surface area contributed by atoms with Gasteiger partial charge in [-0.25, -0.2) is 18.7 Å². The molecule has 1 amide bonds. The van der Waals surface area contributed by atoms with Crippen molar-refractivity contribution in [3.05, 3.63) is 51.9 Å². The molecule has 3 heterocycles. The first kappa shape index (κ1) is 18.1. The number of nitrogens with zero attached hydrogens (tertiary/aromatic N) is 4. The molecule has 0 fully saturated rings. The Morgan fingerprint density at radius 2 is 2.19 bits per heavy atom. The van der Waals surface area contributed by atoms with Gasteiger partial charge in [0.05, 0.1) is 11.8 Å². The molecule has 0 aliphatic heterocycles. The van der Waals surface area contributed by atoms with Gasteiger partial charge in [-0.15, -0.1) is 11.3 Å². The molecule has 3 N–H and O–H groups in total. The Hall–Kier alpha value is -2.73. The van der Waals surface area contributed by atoms with E-state index in [-0.39, 0.29) is 16.4 Å². The fourth-order valence-electron chi connectivity index (χ4n) is 1.93. The normalized spacial score (nSPS) is 11.8. The zero-order valence-corrected chi connectivity index (χ0v) is 15.2. The van der Waals surface area contributed by atoms with Gasteiger partial charge in [-0.05, 0) is 22.0 Å². The van der Waals surface area contributed by atoms with Gasteiger partial charge < -0.3 is 5.32 Å². The van der Waals surface area contributed by atoms with Crippen molar-refractivity contribution in [2.75, 3.05) is 0 Å². The van der Waals surface area contributed by atoms with Crippen LogP contribution in [0.5, 0.6) is 0 Å². The van der Waals surface area contributed by atoms with Crippen LogP contribution in [0.15, 0.2) is 34.7 Å². The van der Waals surface area contributed by atoms with Gasteiger partial charge in [-0.3, -0.25) is 15.0 Å². The van der Waals surface area contributed by atoms with E-state index in [4.69, 9.17) is 0 Å². The quantitative estimate of drug-likeness (QED) is 0.508. The molecular weight excluding hydrogens is 432 g/mol. The van der Waals surface area contributed by atoms with Gasteiger partial charge in [0, 0.05) is 17.2 Å². The van der Waals surface area contributed by atoms with Gasteiger partial charge in [0.25, 0.3) is 12.3 Å². The van der Waals surface area contributed by atoms with E-state index in [1.807, 2.05) is 0 Å². The van der Waals surface area contributed by atoms with Crippen LogP contribution in [0.1, 0.15) is 28.4 Å². The topological polar surface area (TPSA) is 112 Å². The van der Waals surface area contributed by atoms with Crippen molar-refractivity contribution in [2.45, 2.75) is 6.43 Å². The zero-order valence-electron chi connectivity index (χ0n) is 12.8. The summed E-state index contributed by atoms with van der Waals surface area (Å²) in [5.74, 6) is -0.203. The van der Waals surface area contributed by atoms with Gasteiger partial charge >= 0.3 is 0 Å². The molecule has 0 spiro atoms. The standard InChI is InChI=1S/C14H10BrF2N7OS/c1-2-6(3-9-21-14(15)24-22-9)19-12(25)10-7(4-18-23-10)13-20-8(5-26-13)11(16)17/h2-5,11H,1H2,(H,18,23)(H,19,25)(H,21,22,24)/b6-3+. The second-order valence-corrected chi connectivity index (χ2v) is 6.39. The number of alkyl halides is 2. The number of aromatic nitrogens is 6. The van der Waals surface area contributed by atoms with Gasteiger partial charge in [0.2, 0.25) is 0 Å². The van der Waals surface area contributed by atoms with Crippen LogP contribution in [-0.2, 0) is 0 Å². The maximum Gasteiger partial charge on any atom is 0.281 e. The number of rotatable bonds is 6. The molecular formula is C14H10BrF2N7OS. The second-order valence-electron chi connectivity index (χ2n) is 4.78. The Morgan fingerprint density at radius 1 is 1.38 bits per heavy atom. The largest absolute Gasteiger partial charge is 0.321 e. The highest BCUT2D eigenvalue weighted by Crippen LogP contribution is 2.29. The van der Waals surface area contributed by atoms with Crippen molar-refractivity contribution in [1.29, 1.82) is 0 Å². The minimum Gasteiger partial charge on any atom is -0.321 e. The predicted molar refractivity (Wildman–Crippen MR) is 94.4 cm³/mol. The number of carbonyl (C=O) groups is 1. The lowest BCUT2D eigenvalue weighted by molar-refractivity contribution is 0.0963. The first-order valence-corrected chi connectivity index (χ1v) is 8.66. The van der Waals surface area contributed by atoms with E-state index in [0.29, 0.717) is 21.8 Å². The van der Waals surface area contributed by atoms with Crippen LogP contribution in [-0.4, -0.2) is 36.3 Å². The van der Waals surface area contributed by atoms with Crippen molar-refractivity contribution < 1.29 is 13.6 Å². The van der Waals surface area contributed by atoms with E-state index in [2.05, 4.69) is 58.2 Å². The summed E-state index contributed by atoms with van der Waals surface area (Å²) in [6.45, 7) is 3.62. The number of thiazole rings is 1. The molecule has 3 aromatic heterocycles. The summed E-state index contributed by atoms with van der Waals surface area (Å²) in [6.07, 6.45) is 1.59. The smallest absolute Gasteiger partial charge is 0.281 e. The third kappa shape index (κ3) is 3.91. The highest BCUT2D eigenvalue weighted by Gasteiger charge is 2.20. The van der Waals surface area contributed by atoms with Crippen LogP contribution >= 0.6 is 27.3 Å². The number of amides is 1. The molecule has 12 heteroatoms. The summed E-state index contributed by atoms with van der Waals surface area (Å²) in [5, 5.41) is 17.0. The van der Waals surface area contributed by atoms with E-state index < -0.39 is 12.3 Å². The fraction of sp³-hybridized carbons (Fsp3) is 0.0714. The first-order chi connectivity index (χ1) is 12.5. The third-order valence-electron chi connectivity index (χ3n) is 3.08. The first-order valence-electron chi connectivity index (χ1n) is 6.98. The third-order valence-corrected chi connectivity index (χ3v) is 4.33. The molecule has 26 heavy (non-hydrogen) atoms. The van der Waals surface area contributed by atoms with Gasteiger partial charge in [-0.1, -0.05) is 6.58 Å². The van der Waals surface area contributed by atoms with Crippen LogP contribution in [0.4, 0.5) is 8.78 Å². The molecule has 0 radical (unpaired) electrons. The Bertz CT molecular complexity index is 978. The zero-order chi connectivity index (χ0) is 18.7. The Kier molecular flexibility index (Phi) is 5.32. The van der Waals surface area contributed by atoms with Crippen molar-refractivity contribution in [3.8, 4) is 10.6 Å². The number of allylic oxidation sites excluding steroid dienone is 1. The van der Waals surface area contributed by atoms with Gasteiger partial charge in [0.1, 0.15) is 16.4 Å². The highest BCUT2D eigenvalue weighted by molar-refractivity contribution is 9.10. The maximum atomic E-state index is 12.7. The van der Waals surface area contributed by atoms with Gasteiger partial charge in [0.15, 0.2) is 10.6 Å². The number of hydrogen-bond donors (Lipinski definition) is 3. The number of H-pyrrole nitrogens is 2. The molecule has 0 saturated carbocycles. The van der Waals surface area contributed by atoms with E-state index in [9.17, 15) is 13.6 Å². The molecule has 0 aliphatic rings. The average molecular weight is 442 g/mol. The summed E-state index contributed by atoms with van der Waals surface area (Å²) in [4.78, 5) is 20.4. The second kappa shape index (κ2) is 7.66. The molecule has 0 aliphatic carbocycles. The lowest BCUT2D eigenvalue weighted by atomic mass is 10.2. The molecule has 0 bridgehead atoms. The molecule has 0 aromatic carbocycles. The Balaban J connectivity index is 1.83. The Morgan fingerprint density at radius 3 is 2.81 bits per heavy atom.